The van der Waals surface area contributed by atoms with E-state index in [1.165, 1.54) is 18.4 Å². The number of rotatable bonds is 9. The summed E-state index contributed by atoms with van der Waals surface area (Å²) in [6.45, 7) is 2.67. The van der Waals surface area contributed by atoms with E-state index in [9.17, 15) is 9.59 Å². The second kappa shape index (κ2) is 11.2. The highest BCUT2D eigenvalue weighted by molar-refractivity contribution is 5.90. The van der Waals surface area contributed by atoms with Crippen molar-refractivity contribution in [1.82, 2.24) is 10.2 Å². The van der Waals surface area contributed by atoms with Crippen molar-refractivity contribution in [3.8, 4) is 0 Å². The van der Waals surface area contributed by atoms with Crippen LogP contribution >= 0.6 is 0 Å². The lowest BCUT2D eigenvalue weighted by molar-refractivity contribution is -0.141. The Hall–Kier alpha value is -2.66. The Morgan fingerprint density at radius 1 is 1.00 bits per heavy atom. The second-order valence-corrected chi connectivity index (χ2v) is 10.0. The van der Waals surface area contributed by atoms with Crippen LogP contribution in [0.5, 0.6) is 0 Å². The molecule has 1 amide bonds. The van der Waals surface area contributed by atoms with Crippen molar-refractivity contribution in [2.75, 3.05) is 25.5 Å². The molecule has 0 spiro atoms. The number of carbonyl (C=O) groups is 2. The smallest absolute Gasteiger partial charge is 0.226 e. The molecule has 3 atom stereocenters. The summed E-state index contributed by atoms with van der Waals surface area (Å²) < 4.78 is 0. The van der Waals surface area contributed by atoms with Gasteiger partial charge in [-0.05, 0) is 75.4 Å². The fourth-order valence-electron chi connectivity index (χ4n) is 5.70. The SMILES string of the molecule is CN[C@@H](C)C(=O)C[C@H](C(=O)N1CCC[C@H]1c1cccc(N(C)c2ccccc2)c1)C1CCCC1. The molecule has 0 unspecified atom stereocenters. The molecule has 2 aromatic carbocycles. The molecule has 182 valence electrons. The maximum Gasteiger partial charge on any atom is 0.226 e. The van der Waals surface area contributed by atoms with Crippen LogP contribution in [0.15, 0.2) is 54.6 Å². The summed E-state index contributed by atoms with van der Waals surface area (Å²) in [4.78, 5) is 31.0. The third-order valence-electron chi connectivity index (χ3n) is 7.94. The second-order valence-electron chi connectivity index (χ2n) is 10.0. The van der Waals surface area contributed by atoms with Gasteiger partial charge in [0.25, 0.3) is 0 Å². The van der Waals surface area contributed by atoms with Crippen molar-refractivity contribution in [1.29, 1.82) is 0 Å². The lowest BCUT2D eigenvalue weighted by atomic mass is 9.84. The number of anilines is 2. The lowest BCUT2D eigenvalue weighted by Crippen LogP contribution is -2.41. The molecule has 0 aromatic heterocycles. The first-order valence-corrected chi connectivity index (χ1v) is 12.9. The van der Waals surface area contributed by atoms with Crippen molar-refractivity contribution in [3.63, 3.8) is 0 Å². The molecule has 1 N–H and O–H groups in total. The Morgan fingerprint density at radius 3 is 2.41 bits per heavy atom. The molecule has 0 bridgehead atoms. The van der Waals surface area contributed by atoms with Crippen molar-refractivity contribution in [2.45, 2.75) is 64.0 Å². The normalized spacial score (nSPS) is 20.3. The van der Waals surface area contributed by atoms with Gasteiger partial charge >= 0.3 is 0 Å². The minimum atomic E-state index is -0.212. The van der Waals surface area contributed by atoms with Crippen LogP contribution in [0.25, 0.3) is 0 Å². The summed E-state index contributed by atoms with van der Waals surface area (Å²) >= 11 is 0. The number of nitrogens with one attached hydrogen (secondary N) is 1. The van der Waals surface area contributed by atoms with Crippen LogP contribution in [0.4, 0.5) is 11.4 Å². The van der Waals surface area contributed by atoms with Gasteiger partial charge in [0.2, 0.25) is 5.91 Å². The van der Waals surface area contributed by atoms with Crippen LogP contribution < -0.4 is 10.2 Å². The van der Waals surface area contributed by atoms with Crippen molar-refractivity contribution >= 4 is 23.1 Å². The average molecular weight is 462 g/mol. The largest absolute Gasteiger partial charge is 0.345 e. The molecule has 1 saturated carbocycles. The molecule has 34 heavy (non-hydrogen) atoms. The van der Waals surface area contributed by atoms with Gasteiger partial charge < -0.3 is 15.1 Å². The van der Waals surface area contributed by atoms with E-state index in [1.807, 2.05) is 32.2 Å². The molecular formula is C29H39N3O2. The number of ketones is 1. The van der Waals surface area contributed by atoms with Crippen molar-refractivity contribution in [2.24, 2.45) is 11.8 Å². The quantitative estimate of drug-likeness (QED) is 0.536. The van der Waals surface area contributed by atoms with Gasteiger partial charge in [0.15, 0.2) is 0 Å². The van der Waals surface area contributed by atoms with Crippen molar-refractivity contribution in [3.05, 3.63) is 60.2 Å². The highest BCUT2D eigenvalue weighted by atomic mass is 16.2. The van der Waals surface area contributed by atoms with Crippen LogP contribution in [0.3, 0.4) is 0 Å². The Bertz CT molecular complexity index is 970. The highest BCUT2D eigenvalue weighted by Crippen LogP contribution is 2.40. The fourth-order valence-corrected chi connectivity index (χ4v) is 5.70. The molecule has 1 heterocycles. The van der Waals surface area contributed by atoms with Gasteiger partial charge in [0.1, 0.15) is 5.78 Å². The average Bonchev–Trinajstić information content (AvgIpc) is 3.59. The van der Waals surface area contributed by atoms with E-state index in [4.69, 9.17) is 0 Å². The third kappa shape index (κ3) is 5.35. The van der Waals surface area contributed by atoms with Gasteiger partial charge in [-0.15, -0.1) is 0 Å². The standard InChI is InChI=1S/C29H39N3O2/c1-21(30-2)28(33)20-26(22-11-7-8-12-22)29(34)32-18-10-17-27(32)23-13-9-16-25(19-23)31(3)24-14-5-4-6-15-24/h4-6,9,13-16,19,21-22,26-27,30H,7-8,10-12,17-18,20H2,1-3H3/t21-,26-,27-/m0/s1. The van der Waals surface area contributed by atoms with Gasteiger partial charge in [-0.25, -0.2) is 0 Å². The Morgan fingerprint density at radius 2 is 1.71 bits per heavy atom. The molecule has 1 aliphatic heterocycles. The van der Waals surface area contributed by atoms with E-state index in [2.05, 4.69) is 58.6 Å². The van der Waals surface area contributed by atoms with Crippen LogP contribution in [0, 0.1) is 11.8 Å². The van der Waals surface area contributed by atoms with E-state index in [-0.39, 0.29) is 29.7 Å². The molecule has 1 saturated heterocycles. The molecule has 2 aromatic rings. The monoisotopic (exact) mass is 461 g/mol. The number of benzene rings is 2. The number of Topliss-reactive ketones (excluding diaryl/α,β-unsaturated/α-hetero) is 1. The Balaban J connectivity index is 1.55. The molecule has 2 fully saturated rings. The van der Waals surface area contributed by atoms with Gasteiger partial charge in [0, 0.05) is 37.3 Å². The zero-order chi connectivity index (χ0) is 24.1. The summed E-state index contributed by atoms with van der Waals surface area (Å²) in [6, 6.07) is 18.8. The first kappa shape index (κ1) is 24.5. The third-order valence-corrected chi connectivity index (χ3v) is 7.94. The van der Waals surface area contributed by atoms with E-state index in [0.29, 0.717) is 12.3 Å². The Kier molecular flexibility index (Phi) is 8.04. The van der Waals surface area contributed by atoms with E-state index < -0.39 is 0 Å². The fraction of sp³-hybridized carbons (Fsp3) is 0.517. The Labute approximate surface area is 204 Å². The molecule has 0 radical (unpaired) electrons. The minimum Gasteiger partial charge on any atom is -0.345 e. The summed E-state index contributed by atoms with van der Waals surface area (Å²) in [6.07, 6.45) is 6.80. The topological polar surface area (TPSA) is 52.7 Å². The lowest BCUT2D eigenvalue weighted by Gasteiger charge is -2.32. The number of hydrogen-bond donors (Lipinski definition) is 1. The highest BCUT2D eigenvalue weighted by Gasteiger charge is 2.39. The number of hydrogen-bond acceptors (Lipinski definition) is 4. The van der Waals surface area contributed by atoms with E-state index >= 15 is 0 Å². The summed E-state index contributed by atoms with van der Waals surface area (Å²) in [5, 5.41) is 3.05. The van der Waals surface area contributed by atoms with Crippen LogP contribution in [0.1, 0.15) is 63.5 Å². The number of para-hydroxylation sites is 1. The first-order chi connectivity index (χ1) is 16.5. The summed E-state index contributed by atoms with van der Waals surface area (Å²) in [5.74, 6) is 0.474. The molecule has 5 nitrogen and oxygen atoms in total. The van der Waals surface area contributed by atoms with Crippen LogP contribution in [-0.2, 0) is 9.59 Å². The maximum atomic E-state index is 13.9. The summed E-state index contributed by atoms with van der Waals surface area (Å²) in [5.41, 5.74) is 3.44. The molecule has 2 aliphatic rings. The number of nitrogens with zero attached hydrogens (tertiary/aromatic N) is 2. The molecule has 1 aliphatic carbocycles. The zero-order valence-electron chi connectivity index (χ0n) is 20.9. The van der Waals surface area contributed by atoms with Crippen LogP contribution in [0.2, 0.25) is 0 Å². The van der Waals surface area contributed by atoms with Crippen LogP contribution in [-0.4, -0.2) is 43.3 Å². The first-order valence-electron chi connectivity index (χ1n) is 12.9. The molecule has 5 heteroatoms. The minimum absolute atomic E-state index is 0.0809. The van der Waals surface area contributed by atoms with Gasteiger partial charge in [-0.2, -0.15) is 0 Å². The predicted molar refractivity (Wildman–Crippen MR) is 138 cm³/mol. The van der Waals surface area contributed by atoms with Gasteiger partial charge in [0.05, 0.1) is 12.1 Å². The van der Waals surface area contributed by atoms with E-state index in [1.54, 1.807) is 0 Å². The zero-order valence-corrected chi connectivity index (χ0v) is 20.9. The molecule has 4 rings (SSSR count). The number of amides is 1. The number of likely N-dealkylation sites (tertiary alicyclic amines) is 1. The van der Waals surface area contributed by atoms with Crippen molar-refractivity contribution < 1.29 is 9.59 Å². The van der Waals surface area contributed by atoms with Gasteiger partial charge in [-0.1, -0.05) is 43.2 Å². The summed E-state index contributed by atoms with van der Waals surface area (Å²) in [7, 11) is 3.89. The van der Waals surface area contributed by atoms with E-state index in [0.717, 1.165) is 43.6 Å². The van der Waals surface area contributed by atoms with Gasteiger partial charge in [-0.3, -0.25) is 9.59 Å². The molecular weight excluding hydrogens is 422 g/mol. The number of likely N-dealkylation sites (N-methyl/N-ethyl adjacent to an activating group) is 1. The maximum absolute atomic E-state index is 13.9. The number of carbonyl (C=O) groups excluding carboxylic acids is 2. The predicted octanol–water partition coefficient (Wildman–Crippen LogP) is 5.49.